The van der Waals surface area contributed by atoms with Crippen LogP contribution in [0, 0.1) is 17.2 Å². The zero-order valence-electron chi connectivity index (χ0n) is 15.1. The molecule has 0 radical (unpaired) electrons. The maximum absolute atomic E-state index is 12.5. The maximum Gasteiger partial charge on any atom is 0.408 e. The van der Waals surface area contributed by atoms with Crippen molar-refractivity contribution in [2.24, 2.45) is 5.92 Å². The number of benzene rings is 1. The van der Waals surface area contributed by atoms with Gasteiger partial charge in [0, 0.05) is 6.42 Å². The average Bonchev–Trinajstić information content (AvgIpc) is 2.44. The van der Waals surface area contributed by atoms with Crippen LogP contribution < -0.4 is 5.32 Å². The van der Waals surface area contributed by atoms with Gasteiger partial charge in [0.15, 0.2) is 5.78 Å². The van der Waals surface area contributed by atoms with Gasteiger partial charge in [-0.3, -0.25) is 4.79 Å². The molecule has 0 aromatic heterocycles. The van der Waals surface area contributed by atoms with Crippen molar-refractivity contribution in [1.29, 1.82) is 5.26 Å². The first-order valence-electron chi connectivity index (χ1n) is 8.12. The monoisotopic (exact) mass is 330 g/mol. The lowest BCUT2D eigenvalue weighted by atomic mass is 9.96. The zero-order chi connectivity index (χ0) is 18.3. The summed E-state index contributed by atoms with van der Waals surface area (Å²) in [7, 11) is 0. The van der Waals surface area contributed by atoms with Gasteiger partial charge in [0.1, 0.15) is 5.60 Å². The van der Waals surface area contributed by atoms with E-state index in [0.29, 0.717) is 18.4 Å². The molecule has 1 amide bonds. The second kappa shape index (κ2) is 8.49. The van der Waals surface area contributed by atoms with Crippen LogP contribution in [-0.2, 0) is 16.0 Å². The van der Waals surface area contributed by atoms with E-state index in [0.717, 1.165) is 5.56 Å². The van der Waals surface area contributed by atoms with Gasteiger partial charge in [-0.1, -0.05) is 26.0 Å². The first-order chi connectivity index (χ1) is 11.1. The van der Waals surface area contributed by atoms with E-state index in [9.17, 15) is 9.59 Å². The van der Waals surface area contributed by atoms with Gasteiger partial charge < -0.3 is 10.1 Å². The van der Waals surface area contributed by atoms with Crippen molar-refractivity contribution >= 4 is 11.9 Å². The Morgan fingerprint density at radius 1 is 1.21 bits per heavy atom. The minimum absolute atomic E-state index is 0.0276. The molecule has 5 nitrogen and oxygen atoms in total. The van der Waals surface area contributed by atoms with Gasteiger partial charge in [0.05, 0.1) is 17.7 Å². The van der Waals surface area contributed by atoms with Gasteiger partial charge in [-0.05, 0) is 50.8 Å². The SMILES string of the molecule is CC(C)CC(=O)[C@@H](Cc1ccc(C#N)cc1)NC(=O)OC(C)(C)C. The molecule has 24 heavy (non-hydrogen) atoms. The van der Waals surface area contributed by atoms with Gasteiger partial charge in [-0.15, -0.1) is 0 Å². The lowest BCUT2D eigenvalue weighted by Gasteiger charge is -2.23. The van der Waals surface area contributed by atoms with Crippen LogP contribution in [0.25, 0.3) is 0 Å². The second-order valence-corrected chi connectivity index (χ2v) is 7.28. The van der Waals surface area contributed by atoms with E-state index in [1.807, 2.05) is 13.8 Å². The van der Waals surface area contributed by atoms with Crippen LogP contribution >= 0.6 is 0 Å². The van der Waals surface area contributed by atoms with Crippen molar-refractivity contribution in [2.45, 2.75) is 59.1 Å². The zero-order valence-corrected chi connectivity index (χ0v) is 15.1. The van der Waals surface area contributed by atoms with E-state index < -0.39 is 17.7 Å². The summed E-state index contributed by atoms with van der Waals surface area (Å²) in [6.45, 7) is 9.25. The quantitative estimate of drug-likeness (QED) is 0.864. The third-order valence-electron chi connectivity index (χ3n) is 3.21. The van der Waals surface area contributed by atoms with Crippen molar-refractivity contribution < 1.29 is 14.3 Å². The van der Waals surface area contributed by atoms with E-state index in [1.165, 1.54) is 0 Å². The number of nitriles is 1. The van der Waals surface area contributed by atoms with Crippen molar-refractivity contribution in [3.8, 4) is 6.07 Å². The van der Waals surface area contributed by atoms with Crippen LogP contribution in [0.15, 0.2) is 24.3 Å². The first kappa shape index (κ1) is 19.7. The molecule has 1 N–H and O–H groups in total. The number of nitrogens with one attached hydrogen (secondary N) is 1. The van der Waals surface area contributed by atoms with Gasteiger partial charge in [0.25, 0.3) is 0 Å². The van der Waals surface area contributed by atoms with Gasteiger partial charge >= 0.3 is 6.09 Å². The predicted octanol–water partition coefficient (Wildman–Crippen LogP) is 3.61. The highest BCUT2D eigenvalue weighted by molar-refractivity contribution is 5.87. The second-order valence-electron chi connectivity index (χ2n) is 7.28. The predicted molar refractivity (Wildman–Crippen MR) is 92.5 cm³/mol. The molecule has 0 aliphatic heterocycles. The normalized spacial score (nSPS) is 12.4. The Morgan fingerprint density at radius 3 is 2.25 bits per heavy atom. The standard InChI is InChI=1S/C19H26N2O3/c1-13(2)10-17(22)16(21-18(23)24-19(3,4)5)11-14-6-8-15(12-20)9-7-14/h6-9,13,16H,10-11H2,1-5H3,(H,21,23)/t16-/m1/s1. The fraction of sp³-hybridized carbons (Fsp3) is 0.526. The number of carbonyl (C=O) groups excluding carboxylic acids is 2. The number of ether oxygens (including phenoxy) is 1. The lowest BCUT2D eigenvalue weighted by Crippen LogP contribution is -2.45. The Hall–Kier alpha value is -2.35. The van der Waals surface area contributed by atoms with Gasteiger partial charge in [0.2, 0.25) is 0 Å². The highest BCUT2D eigenvalue weighted by Gasteiger charge is 2.25. The van der Waals surface area contributed by atoms with Crippen LogP contribution in [0.3, 0.4) is 0 Å². The molecule has 1 rings (SSSR count). The molecule has 0 fully saturated rings. The minimum Gasteiger partial charge on any atom is -0.444 e. The molecule has 0 aliphatic rings. The Labute approximate surface area is 144 Å². The molecule has 5 heteroatoms. The minimum atomic E-state index is -0.643. The summed E-state index contributed by atoms with van der Waals surface area (Å²) < 4.78 is 5.25. The molecule has 0 spiro atoms. The summed E-state index contributed by atoms with van der Waals surface area (Å²) in [5, 5.41) is 11.5. The fourth-order valence-corrected chi connectivity index (χ4v) is 2.19. The molecule has 0 bridgehead atoms. The van der Waals surface area contributed by atoms with Crippen LogP contribution in [0.1, 0.15) is 52.2 Å². The lowest BCUT2D eigenvalue weighted by molar-refractivity contribution is -0.121. The van der Waals surface area contributed by atoms with Gasteiger partial charge in [-0.25, -0.2) is 4.79 Å². The highest BCUT2D eigenvalue weighted by atomic mass is 16.6. The topological polar surface area (TPSA) is 79.2 Å². The van der Waals surface area contributed by atoms with E-state index in [2.05, 4.69) is 11.4 Å². The molecule has 0 unspecified atom stereocenters. The summed E-state index contributed by atoms with van der Waals surface area (Å²) in [5.41, 5.74) is 0.820. The summed E-state index contributed by atoms with van der Waals surface area (Å²) in [6, 6.07) is 8.41. The van der Waals surface area contributed by atoms with Gasteiger partial charge in [-0.2, -0.15) is 5.26 Å². The first-order valence-corrected chi connectivity index (χ1v) is 8.12. The molecule has 0 saturated carbocycles. The maximum atomic E-state index is 12.5. The number of nitrogens with zero attached hydrogens (tertiary/aromatic N) is 1. The molecule has 130 valence electrons. The molecule has 1 atom stereocenters. The molecule has 0 heterocycles. The Kier molecular flexibility index (Phi) is 6.97. The number of amides is 1. The molecule has 1 aromatic carbocycles. The number of rotatable bonds is 6. The van der Waals surface area contributed by atoms with Crippen LogP contribution in [0.4, 0.5) is 4.79 Å². The number of alkyl carbamates (subject to hydrolysis) is 1. The summed E-state index contributed by atoms with van der Waals surface area (Å²) in [6.07, 6.45) is 0.158. The third-order valence-corrected chi connectivity index (χ3v) is 3.21. The fourth-order valence-electron chi connectivity index (χ4n) is 2.19. The van der Waals surface area contributed by atoms with E-state index in [-0.39, 0.29) is 11.7 Å². The molecule has 0 saturated heterocycles. The summed E-state index contributed by atoms with van der Waals surface area (Å²) >= 11 is 0. The van der Waals surface area contributed by atoms with Crippen LogP contribution in [-0.4, -0.2) is 23.5 Å². The molecular weight excluding hydrogens is 304 g/mol. The largest absolute Gasteiger partial charge is 0.444 e. The van der Waals surface area contributed by atoms with E-state index >= 15 is 0 Å². The van der Waals surface area contributed by atoms with Crippen LogP contribution in [0.5, 0.6) is 0 Å². The Bertz CT molecular complexity index is 607. The molecular formula is C19H26N2O3. The average molecular weight is 330 g/mol. The van der Waals surface area contributed by atoms with E-state index in [1.54, 1.807) is 45.0 Å². The number of hydrogen-bond acceptors (Lipinski definition) is 4. The smallest absolute Gasteiger partial charge is 0.408 e. The van der Waals surface area contributed by atoms with Crippen molar-refractivity contribution in [3.05, 3.63) is 35.4 Å². The number of ketones is 1. The van der Waals surface area contributed by atoms with E-state index in [4.69, 9.17) is 10.00 Å². The van der Waals surface area contributed by atoms with Crippen molar-refractivity contribution in [3.63, 3.8) is 0 Å². The Balaban J connectivity index is 2.86. The summed E-state index contributed by atoms with van der Waals surface area (Å²) in [5.74, 6) is 0.182. The third kappa shape index (κ3) is 7.28. The number of Topliss-reactive ketones (excluding diaryl/α,β-unsaturated/α-hetero) is 1. The van der Waals surface area contributed by atoms with Crippen LogP contribution in [0.2, 0.25) is 0 Å². The highest BCUT2D eigenvalue weighted by Crippen LogP contribution is 2.12. The Morgan fingerprint density at radius 2 is 1.79 bits per heavy atom. The number of hydrogen-bond donors (Lipinski definition) is 1. The number of carbonyl (C=O) groups is 2. The molecule has 1 aromatic rings. The van der Waals surface area contributed by atoms with Crippen molar-refractivity contribution in [1.82, 2.24) is 5.32 Å². The van der Waals surface area contributed by atoms with Crippen molar-refractivity contribution in [2.75, 3.05) is 0 Å². The molecule has 0 aliphatic carbocycles. The summed E-state index contributed by atoms with van der Waals surface area (Å²) in [4.78, 5) is 24.5.